The van der Waals surface area contributed by atoms with Crippen molar-refractivity contribution in [2.45, 2.75) is 33.3 Å². The summed E-state index contributed by atoms with van der Waals surface area (Å²) in [5.41, 5.74) is 3.00. The van der Waals surface area contributed by atoms with Crippen molar-refractivity contribution in [3.63, 3.8) is 0 Å². The number of benzene rings is 2. The summed E-state index contributed by atoms with van der Waals surface area (Å²) in [6, 6.07) is 13.8. The number of nitrogens with zero attached hydrogens (tertiary/aromatic N) is 4. The first-order chi connectivity index (χ1) is 13.0. The lowest BCUT2D eigenvalue weighted by molar-refractivity contribution is 0.292. The zero-order chi connectivity index (χ0) is 19.1. The molecule has 0 aliphatic heterocycles. The van der Waals surface area contributed by atoms with Crippen molar-refractivity contribution in [3.05, 3.63) is 69.8 Å². The van der Waals surface area contributed by atoms with Gasteiger partial charge in [-0.25, -0.2) is 0 Å². The maximum atomic E-state index is 12.5. The molecule has 2 aromatic heterocycles. The van der Waals surface area contributed by atoms with Crippen LogP contribution in [0.5, 0.6) is 5.75 Å². The largest absolute Gasteiger partial charge is 0.485 e. The molecule has 0 saturated heterocycles. The molecule has 4 aromatic rings. The molecule has 0 N–H and O–H groups in total. The highest BCUT2D eigenvalue weighted by molar-refractivity contribution is 5.80. The van der Waals surface area contributed by atoms with Crippen LogP contribution in [0.15, 0.2) is 47.3 Å². The quantitative estimate of drug-likeness (QED) is 0.557. The molecule has 6 nitrogen and oxygen atoms in total. The van der Waals surface area contributed by atoms with E-state index in [2.05, 4.69) is 42.2 Å². The Balaban J connectivity index is 1.78. The highest BCUT2D eigenvalue weighted by Gasteiger charge is 2.15. The van der Waals surface area contributed by atoms with Gasteiger partial charge in [0.2, 0.25) is 5.78 Å². The molecule has 0 spiro atoms. The molecular weight excluding hydrogens is 340 g/mol. The van der Waals surface area contributed by atoms with Crippen LogP contribution >= 0.6 is 0 Å². The Morgan fingerprint density at radius 1 is 1.11 bits per heavy atom. The summed E-state index contributed by atoms with van der Waals surface area (Å²) < 4.78 is 9.49. The maximum absolute atomic E-state index is 12.5. The molecule has 0 unspecified atom stereocenters. The van der Waals surface area contributed by atoms with Gasteiger partial charge in [0.25, 0.3) is 5.56 Å². The number of hydrogen-bond acceptors (Lipinski definition) is 4. The predicted octanol–water partition coefficient (Wildman–Crippen LogP) is 3.59. The normalized spacial score (nSPS) is 11.6. The summed E-state index contributed by atoms with van der Waals surface area (Å²) in [4.78, 5) is 12.5. The average molecular weight is 362 g/mol. The van der Waals surface area contributed by atoms with Gasteiger partial charge in [-0.15, -0.1) is 10.2 Å². The molecule has 2 heterocycles. The van der Waals surface area contributed by atoms with E-state index in [9.17, 15) is 4.79 Å². The second kappa shape index (κ2) is 6.54. The SMILES string of the molecule is Cc1ccc(C(C)C)cc1OCc1nnc2n(C)c(=O)c3ccccc3n12. The molecule has 0 fully saturated rings. The Morgan fingerprint density at radius 3 is 2.67 bits per heavy atom. The Hall–Kier alpha value is -3.15. The molecule has 4 rings (SSSR count). The van der Waals surface area contributed by atoms with Gasteiger partial charge in [0.1, 0.15) is 12.4 Å². The number of para-hydroxylation sites is 1. The van der Waals surface area contributed by atoms with E-state index in [1.54, 1.807) is 7.05 Å². The molecule has 2 aromatic carbocycles. The van der Waals surface area contributed by atoms with Gasteiger partial charge in [-0.05, 0) is 42.2 Å². The third kappa shape index (κ3) is 2.87. The highest BCUT2D eigenvalue weighted by atomic mass is 16.5. The molecule has 0 radical (unpaired) electrons. The van der Waals surface area contributed by atoms with Crippen molar-refractivity contribution in [1.82, 2.24) is 19.2 Å². The van der Waals surface area contributed by atoms with Crippen LogP contribution in [0.3, 0.4) is 0 Å². The van der Waals surface area contributed by atoms with Crippen LogP contribution in [-0.2, 0) is 13.7 Å². The molecule has 138 valence electrons. The topological polar surface area (TPSA) is 61.4 Å². The minimum Gasteiger partial charge on any atom is -0.485 e. The van der Waals surface area contributed by atoms with Gasteiger partial charge in [0.05, 0.1) is 10.9 Å². The molecule has 6 heteroatoms. The molecule has 0 aliphatic rings. The lowest BCUT2D eigenvalue weighted by Crippen LogP contribution is -2.20. The van der Waals surface area contributed by atoms with Crippen LogP contribution in [0.25, 0.3) is 16.7 Å². The Morgan fingerprint density at radius 2 is 1.89 bits per heavy atom. The third-order valence-electron chi connectivity index (χ3n) is 4.93. The van der Waals surface area contributed by atoms with Gasteiger partial charge in [0.15, 0.2) is 5.82 Å². The minimum absolute atomic E-state index is 0.0848. The third-order valence-corrected chi connectivity index (χ3v) is 4.93. The van der Waals surface area contributed by atoms with E-state index >= 15 is 0 Å². The van der Waals surface area contributed by atoms with Gasteiger partial charge >= 0.3 is 0 Å². The van der Waals surface area contributed by atoms with Crippen molar-refractivity contribution in [2.75, 3.05) is 0 Å². The van der Waals surface area contributed by atoms with Gasteiger partial charge in [-0.1, -0.05) is 38.1 Å². The van der Waals surface area contributed by atoms with Crippen molar-refractivity contribution in [3.8, 4) is 5.75 Å². The van der Waals surface area contributed by atoms with E-state index in [1.165, 1.54) is 10.1 Å². The molecule has 27 heavy (non-hydrogen) atoms. The Bertz CT molecular complexity index is 1200. The van der Waals surface area contributed by atoms with Gasteiger partial charge < -0.3 is 4.74 Å². The van der Waals surface area contributed by atoms with Gasteiger partial charge in [0, 0.05) is 7.05 Å². The summed E-state index contributed by atoms with van der Waals surface area (Å²) in [5.74, 6) is 2.43. The van der Waals surface area contributed by atoms with E-state index < -0.39 is 0 Å². The lowest BCUT2D eigenvalue weighted by atomic mass is 10.0. The smallest absolute Gasteiger partial charge is 0.262 e. The van der Waals surface area contributed by atoms with Crippen LogP contribution in [0.1, 0.15) is 36.7 Å². The monoisotopic (exact) mass is 362 g/mol. The standard InChI is InChI=1S/C21H22N4O2/c1-13(2)15-10-9-14(3)18(11-15)27-12-19-22-23-21-24(4)20(26)16-7-5-6-8-17(16)25(19)21/h5-11,13H,12H2,1-4H3. The van der Waals surface area contributed by atoms with Crippen molar-refractivity contribution < 1.29 is 4.74 Å². The molecule has 0 saturated carbocycles. The molecule has 0 bridgehead atoms. The summed E-state index contributed by atoms with van der Waals surface area (Å²) in [6.45, 7) is 6.62. The van der Waals surface area contributed by atoms with Gasteiger partial charge in [-0.2, -0.15) is 0 Å². The fourth-order valence-electron chi connectivity index (χ4n) is 3.26. The van der Waals surface area contributed by atoms with Crippen molar-refractivity contribution >= 4 is 16.7 Å². The number of ether oxygens (including phenoxy) is 1. The summed E-state index contributed by atoms with van der Waals surface area (Å²) in [7, 11) is 1.71. The molecule has 0 amide bonds. The Labute approximate surface area is 157 Å². The van der Waals surface area contributed by atoms with Crippen LogP contribution in [0.2, 0.25) is 0 Å². The Kier molecular flexibility index (Phi) is 4.18. The van der Waals surface area contributed by atoms with E-state index in [4.69, 9.17) is 4.74 Å². The average Bonchev–Trinajstić information content (AvgIpc) is 3.09. The van der Waals surface area contributed by atoms with Crippen molar-refractivity contribution in [1.29, 1.82) is 0 Å². The first kappa shape index (κ1) is 17.3. The van der Waals surface area contributed by atoms with Crippen LogP contribution < -0.4 is 10.3 Å². The summed E-state index contributed by atoms with van der Waals surface area (Å²) in [5, 5.41) is 9.11. The van der Waals surface area contributed by atoms with E-state index in [0.717, 1.165) is 16.8 Å². The second-order valence-corrected chi connectivity index (χ2v) is 7.10. The molecule has 0 atom stereocenters. The van der Waals surface area contributed by atoms with Crippen LogP contribution in [-0.4, -0.2) is 19.2 Å². The number of fused-ring (bicyclic) bond motifs is 3. The van der Waals surface area contributed by atoms with Crippen LogP contribution in [0, 0.1) is 6.92 Å². The number of aryl methyl sites for hydroxylation is 2. The predicted molar refractivity (Wildman–Crippen MR) is 105 cm³/mol. The summed E-state index contributed by atoms with van der Waals surface area (Å²) in [6.07, 6.45) is 0. The lowest BCUT2D eigenvalue weighted by Gasteiger charge is -2.13. The first-order valence-corrected chi connectivity index (χ1v) is 9.02. The number of aromatic nitrogens is 4. The fraction of sp³-hybridized carbons (Fsp3) is 0.286. The van der Waals surface area contributed by atoms with Gasteiger partial charge in [-0.3, -0.25) is 13.8 Å². The first-order valence-electron chi connectivity index (χ1n) is 9.02. The molecular formula is C21H22N4O2. The second-order valence-electron chi connectivity index (χ2n) is 7.10. The van der Waals surface area contributed by atoms with E-state index in [0.29, 0.717) is 22.9 Å². The van der Waals surface area contributed by atoms with Crippen LogP contribution in [0.4, 0.5) is 0 Å². The molecule has 0 aliphatic carbocycles. The van der Waals surface area contributed by atoms with Crippen molar-refractivity contribution in [2.24, 2.45) is 7.05 Å². The minimum atomic E-state index is -0.0848. The zero-order valence-electron chi connectivity index (χ0n) is 15.9. The number of hydrogen-bond donors (Lipinski definition) is 0. The number of rotatable bonds is 4. The fourth-order valence-corrected chi connectivity index (χ4v) is 3.26. The van der Waals surface area contributed by atoms with E-state index in [1.807, 2.05) is 35.6 Å². The highest BCUT2D eigenvalue weighted by Crippen LogP contribution is 2.25. The maximum Gasteiger partial charge on any atom is 0.262 e. The zero-order valence-corrected chi connectivity index (χ0v) is 15.9. The van der Waals surface area contributed by atoms with E-state index in [-0.39, 0.29) is 12.2 Å². The summed E-state index contributed by atoms with van der Waals surface area (Å²) >= 11 is 0.